The first kappa shape index (κ1) is 18.3. The molecule has 6 nitrogen and oxygen atoms in total. The van der Waals surface area contributed by atoms with E-state index in [9.17, 15) is 13.6 Å². The number of benzene rings is 1. The van der Waals surface area contributed by atoms with Gasteiger partial charge in [0.2, 0.25) is 5.96 Å². The number of hydrogen-bond acceptors (Lipinski definition) is 3. The molecule has 2 unspecified atom stereocenters. The minimum Gasteiger partial charge on any atom is -0.356 e. The molecule has 24 heavy (non-hydrogen) atoms. The Morgan fingerprint density at radius 2 is 2.08 bits per heavy atom. The van der Waals surface area contributed by atoms with Gasteiger partial charge in [-0.05, 0) is 37.5 Å². The molecule has 0 radical (unpaired) electrons. The number of aliphatic imine (C=N–C) groups is 1. The molecule has 2 atom stereocenters. The predicted molar refractivity (Wildman–Crippen MR) is 88.2 cm³/mol. The van der Waals surface area contributed by atoms with Crippen LogP contribution in [0.3, 0.4) is 0 Å². The Morgan fingerprint density at radius 3 is 2.67 bits per heavy atom. The average molecular weight is 339 g/mol. The molecule has 1 amide bonds. The highest BCUT2D eigenvalue weighted by atomic mass is 19.2. The monoisotopic (exact) mass is 339 g/mol. The van der Waals surface area contributed by atoms with Crippen LogP contribution in [0.25, 0.3) is 0 Å². The molecule has 0 bridgehead atoms. The standard InChI is InChI=1S/C16H23F2N5O/c1-9(2)8-19-16(20-14-6-10(3)22-23-14)21-15(24)11-4-5-12(17)13(18)7-11/h4-5,7,9-10,14,22-23H,6,8H2,1-3H3,(H2,19,20,21,24). The molecule has 2 rings (SSSR count). The van der Waals surface area contributed by atoms with Crippen molar-refractivity contribution in [2.45, 2.75) is 39.4 Å². The Balaban J connectivity index is 2.12. The van der Waals surface area contributed by atoms with Crippen molar-refractivity contribution < 1.29 is 13.6 Å². The van der Waals surface area contributed by atoms with Crippen LogP contribution in [0.1, 0.15) is 37.6 Å². The summed E-state index contributed by atoms with van der Waals surface area (Å²) in [5.41, 5.74) is 6.11. The number of rotatable bonds is 4. The molecule has 1 saturated heterocycles. The lowest BCUT2D eigenvalue weighted by molar-refractivity contribution is 0.100. The van der Waals surface area contributed by atoms with Crippen LogP contribution in [-0.2, 0) is 0 Å². The molecule has 1 aliphatic rings. The SMILES string of the molecule is CC(C)CN/C(=N/C(=O)c1ccc(F)c(F)c1)NC1CC(C)NN1. The van der Waals surface area contributed by atoms with E-state index in [0.29, 0.717) is 18.4 Å². The maximum atomic E-state index is 13.3. The molecular weight excluding hydrogens is 316 g/mol. The van der Waals surface area contributed by atoms with E-state index in [1.54, 1.807) is 0 Å². The van der Waals surface area contributed by atoms with Crippen LogP contribution in [0.15, 0.2) is 23.2 Å². The molecule has 1 aromatic carbocycles. The van der Waals surface area contributed by atoms with Crippen molar-refractivity contribution in [2.24, 2.45) is 10.9 Å². The van der Waals surface area contributed by atoms with Crippen molar-refractivity contribution in [2.75, 3.05) is 6.54 Å². The summed E-state index contributed by atoms with van der Waals surface area (Å²) >= 11 is 0. The summed E-state index contributed by atoms with van der Waals surface area (Å²) in [6.07, 6.45) is 0.720. The van der Waals surface area contributed by atoms with Gasteiger partial charge in [-0.25, -0.2) is 14.2 Å². The summed E-state index contributed by atoms with van der Waals surface area (Å²) < 4.78 is 26.3. The van der Waals surface area contributed by atoms with Crippen molar-refractivity contribution in [1.82, 2.24) is 21.5 Å². The van der Waals surface area contributed by atoms with Crippen LogP contribution in [0.4, 0.5) is 8.78 Å². The molecule has 1 aromatic rings. The quantitative estimate of drug-likeness (QED) is 0.494. The number of guanidine groups is 1. The summed E-state index contributed by atoms with van der Waals surface area (Å²) in [6, 6.07) is 3.26. The Kier molecular flexibility index (Phi) is 6.22. The zero-order valence-corrected chi connectivity index (χ0v) is 14.0. The van der Waals surface area contributed by atoms with Crippen molar-refractivity contribution in [3.05, 3.63) is 35.4 Å². The molecule has 0 aliphatic carbocycles. The van der Waals surface area contributed by atoms with Crippen molar-refractivity contribution >= 4 is 11.9 Å². The summed E-state index contributed by atoms with van der Waals surface area (Å²) in [7, 11) is 0. The normalized spacial score (nSPS) is 21.2. The highest BCUT2D eigenvalue weighted by Crippen LogP contribution is 2.10. The van der Waals surface area contributed by atoms with E-state index in [2.05, 4.69) is 26.5 Å². The molecule has 0 spiro atoms. The van der Waals surface area contributed by atoms with Crippen LogP contribution in [0.5, 0.6) is 0 Å². The summed E-state index contributed by atoms with van der Waals surface area (Å²) in [4.78, 5) is 16.2. The van der Waals surface area contributed by atoms with Crippen LogP contribution >= 0.6 is 0 Å². The number of hydrazine groups is 1. The average Bonchev–Trinajstić information content (AvgIpc) is 2.92. The van der Waals surface area contributed by atoms with E-state index in [1.165, 1.54) is 6.07 Å². The number of carbonyl (C=O) groups excluding carboxylic acids is 1. The smallest absolute Gasteiger partial charge is 0.280 e. The van der Waals surface area contributed by atoms with E-state index < -0.39 is 17.5 Å². The topological polar surface area (TPSA) is 77.5 Å². The third-order valence-electron chi connectivity index (χ3n) is 3.46. The molecule has 1 heterocycles. The summed E-state index contributed by atoms with van der Waals surface area (Å²) in [5, 5.41) is 6.18. The van der Waals surface area contributed by atoms with Crippen LogP contribution in [0, 0.1) is 17.6 Å². The first-order valence-corrected chi connectivity index (χ1v) is 7.94. The highest BCUT2D eigenvalue weighted by molar-refractivity contribution is 6.02. The largest absolute Gasteiger partial charge is 0.356 e. The van der Waals surface area contributed by atoms with Crippen molar-refractivity contribution in [1.29, 1.82) is 0 Å². The molecule has 132 valence electrons. The first-order valence-electron chi connectivity index (χ1n) is 7.94. The Hall–Kier alpha value is -2.06. The molecule has 1 aliphatic heterocycles. The number of amides is 1. The highest BCUT2D eigenvalue weighted by Gasteiger charge is 2.21. The van der Waals surface area contributed by atoms with Gasteiger partial charge in [0.15, 0.2) is 11.6 Å². The van der Waals surface area contributed by atoms with Crippen LogP contribution in [0.2, 0.25) is 0 Å². The van der Waals surface area contributed by atoms with Gasteiger partial charge in [-0.1, -0.05) is 13.8 Å². The van der Waals surface area contributed by atoms with E-state index in [-0.39, 0.29) is 17.8 Å². The number of hydrogen-bond donors (Lipinski definition) is 4. The Bertz CT molecular complexity index is 620. The first-order chi connectivity index (χ1) is 11.3. The third-order valence-corrected chi connectivity index (χ3v) is 3.46. The molecule has 0 aromatic heterocycles. The number of halogens is 2. The van der Waals surface area contributed by atoms with Crippen molar-refractivity contribution in [3.63, 3.8) is 0 Å². The van der Waals surface area contributed by atoms with Gasteiger partial charge in [0.25, 0.3) is 5.91 Å². The van der Waals surface area contributed by atoms with Gasteiger partial charge in [-0.2, -0.15) is 4.99 Å². The summed E-state index contributed by atoms with van der Waals surface area (Å²) in [5.74, 6) is -2.07. The molecule has 4 N–H and O–H groups in total. The molecule has 8 heteroatoms. The zero-order chi connectivity index (χ0) is 17.7. The van der Waals surface area contributed by atoms with Gasteiger partial charge in [0.1, 0.15) is 0 Å². The van der Waals surface area contributed by atoms with E-state index in [4.69, 9.17) is 0 Å². The molecule has 1 fully saturated rings. The fourth-order valence-electron chi connectivity index (χ4n) is 2.19. The van der Waals surface area contributed by atoms with Gasteiger partial charge in [-0.15, -0.1) is 0 Å². The van der Waals surface area contributed by atoms with E-state index in [1.807, 2.05) is 20.8 Å². The minimum absolute atomic E-state index is 0.00887. The second kappa shape index (κ2) is 8.16. The van der Waals surface area contributed by atoms with E-state index in [0.717, 1.165) is 18.6 Å². The lowest BCUT2D eigenvalue weighted by atomic mass is 10.2. The predicted octanol–water partition coefficient (Wildman–Crippen LogP) is 1.51. The fourth-order valence-corrected chi connectivity index (χ4v) is 2.19. The van der Waals surface area contributed by atoms with E-state index >= 15 is 0 Å². The lowest BCUT2D eigenvalue weighted by Crippen LogP contribution is -2.50. The van der Waals surface area contributed by atoms with Gasteiger partial charge in [0.05, 0.1) is 6.17 Å². The molecule has 0 saturated carbocycles. The second-order valence-electron chi connectivity index (χ2n) is 6.29. The fraction of sp³-hybridized carbons (Fsp3) is 0.500. The Labute approximate surface area is 140 Å². The van der Waals surface area contributed by atoms with Gasteiger partial charge >= 0.3 is 0 Å². The zero-order valence-electron chi connectivity index (χ0n) is 14.0. The third kappa shape index (κ3) is 5.24. The van der Waals surface area contributed by atoms with Crippen LogP contribution < -0.4 is 21.5 Å². The second-order valence-corrected chi connectivity index (χ2v) is 6.29. The number of nitrogens with one attached hydrogen (secondary N) is 4. The van der Waals surface area contributed by atoms with Crippen molar-refractivity contribution in [3.8, 4) is 0 Å². The van der Waals surface area contributed by atoms with Gasteiger partial charge in [0, 0.05) is 18.2 Å². The minimum atomic E-state index is -1.07. The maximum absolute atomic E-state index is 13.3. The maximum Gasteiger partial charge on any atom is 0.280 e. The van der Waals surface area contributed by atoms with Crippen LogP contribution in [-0.4, -0.2) is 30.6 Å². The number of carbonyl (C=O) groups is 1. The van der Waals surface area contributed by atoms with Gasteiger partial charge < -0.3 is 10.6 Å². The number of nitrogens with zero attached hydrogens (tertiary/aromatic N) is 1. The van der Waals surface area contributed by atoms with Gasteiger partial charge in [-0.3, -0.25) is 10.2 Å². The Morgan fingerprint density at radius 1 is 1.33 bits per heavy atom. The lowest BCUT2D eigenvalue weighted by Gasteiger charge is -2.18. The summed E-state index contributed by atoms with van der Waals surface area (Å²) in [6.45, 7) is 6.70. The molecular formula is C16H23F2N5O.